The first-order valence-corrected chi connectivity index (χ1v) is 8.30. The van der Waals surface area contributed by atoms with Gasteiger partial charge in [0.25, 0.3) is 0 Å². The fraction of sp³-hybridized carbons (Fsp3) is 0.688. The van der Waals surface area contributed by atoms with E-state index in [-0.39, 0.29) is 23.8 Å². The summed E-state index contributed by atoms with van der Waals surface area (Å²) in [7, 11) is 0. The van der Waals surface area contributed by atoms with Gasteiger partial charge in [-0.1, -0.05) is 13.8 Å². The van der Waals surface area contributed by atoms with E-state index in [0.717, 1.165) is 18.5 Å². The fourth-order valence-corrected chi connectivity index (χ4v) is 3.17. The van der Waals surface area contributed by atoms with Crippen molar-refractivity contribution in [2.24, 2.45) is 5.92 Å². The topological polar surface area (TPSA) is 67.7 Å². The van der Waals surface area contributed by atoms with Crippen LogP contribution in [0.1, 0.15) is 44.8 Å². The Balaban J connectivity index is 1.72. The zero-order valence-electron chi connectivity index (χ0n) is 13.8. The number of hydrogen-bond donors (Lipinski definition) is 0. The van der Waals surface area contributed by atoms with Crippen LogP contribution in [0.15, 0.2) is 12.3 Å². The molecule has 7 heteroatoms. The van der Waals surface area contributed by atoms with E-state index >= 15 is 0 Å². The molecule has 0 unspecified atom stereocenters. The molecular weight excluding hydrogens is 296 g/mol. The molecule has 0 saturated carbocycles. The zero-order valence-corrected chi connectivity index (χ0v) is 13.8. The largest absolute Gasteiger partial charge is 0.334 e. The standard InChI is InChI=1S/C16H24N4O3/c1-12(2)16(22)18-10-13-5-6-17-20(13)14(11-18)9-15(21)19-7-3-4-8-23-19/h5-6,12,14H,3-4,7-11H2,1-2H3/t14-/m0/s1. The molecule has 7 nitrogen and oxygen atoms in total. The molecule has 23 heavy (non-hydrogen) atoms. The number of fused-ring (bicyclic) bond motifs is 1. The summed E-state index contributed by atoms with van der Waals surface area (Å²) in [5.41, 5.74) is 0.975. The van der Waals surface area contributed by atoms with Gasteiger partial charge in [0, 0.05) is 25.2 Å². The first-order chi connectivity index (χ1) is 11.1. The van der Waals surface area contributed by atoms with Gasteiger partial charge in [-0.2, -0.15) is 5.10 Å². The molecule has 3 rings (SSSR count). The molecule has 0 radical (unpaired) electrons. The van der Waals surface area contributed by atoms with Crippen molar-refractivity contribution in [3.63, 3.8) is 0 Å². The van der Waals surface area contributed by atoms with Gasteiger partial charge in [-0.05, 0) is 18.9 Å². The highest BCUT2D eigenvalue weighted by Crippen LogP contribution is 2.25. The van der Waals surface area contributed by atoms with Gasteiger partial charge in [0.1, 0.15) is 0 Å². The number of aromatic nitrogens is 2. The summed E-state index contributed by atoms with van der Waals surface area (Å²) < 4.78 is 1.88. The predicted molar refractivity (Wildman–Crippen MR) is 83.0 cm³/mol. The minimum Gasteiger partial charge on any atom is -0.334 e. The quantitative estimate of drug-likeness (QED) is 0.843. The van der Waals surface area contributed by atoms with Crippen molar-refractivity contribution < 1.29 is 14.4 Å². The first kappa shape index (κ1) is 16.0. The monoisotopic (exact) mass is 320 g/mol. The number of amides is 2. The van der Waals surface area contributed by atoms with E-state index < -0.39 is 0 Å². The fourth-order valence-electron chi connectivity index (χ4n) is 3.17. The summed E-state index contributed by atoms with van der Waals surface area (Å²) in [6.07, 6.45) is 4.00. The Morgan fingerprint density at radius 3 is 2.91 bits per heavy atom. The third kappa shape index (κ3) is 3.39. The molecular formula is C16H24N4O3. The van der Waals surface area contributed by atoms with E-state index in [9.17, 15) is 9.59 Å². The zero-order chi connectivity index (χ0) is 16.4. The van der Waals surface area contributed by atoms with Crippen molar-refractivity contribution in [1.82, 2.24) is 19.7 Å². The number of carbonyl (C=O) groups is 2. The molecule has 0 bridgehead atoms. The van der Waals surface area contributed by atoms with Crippen LogP contribution in [0, 0.1) is 5.92 Å². The molecule has 1 atom stereocenters. The van der Waals surface area contributed by atoms with E-state index in [0.29, 0.717) is 32.7 Å². The summed E-state index contributed by atoms with van der Waals surface area (Å²) in [6, 6.07) is 1.78. The van der Waals surface area contributed by atoms with Gasteiger partial charge in [-0.25, -0.2) is 5.06 Å². The SMILES string of the molecule is CC(C)C(=O)N1Cc2ccnn2[C@@H](CC(=O)N2CCCCO2)C1. The van der Waals surface area contributed by atoms with Gasteiger partial charge in [-0.15, -0.1) is 0 Å². The Morgan fingerprint density at radius 1 is 1.39 bits per heavy atom. The second kappa shape index (κ2) is 6.70. The highest BCUT2D eigenvalue weighted by atomic mass is 16.7. The molecule has 0 spiro atoms. The Morgan fingerprint density at radius 2 is 2.22 bits per heavy atom. The van der Waals surface area contributed by atoms with Crippen LogP contribution in [0.25, 0.3) is 0 Å². The lowest BCUT2D eigenvalue weighted by Gasteiger charge is -2.35. The summed E-state index contributed by atoms with van der Waals surface area (Å²) in [5, 5.41) is 5.81. The summed E-state index contributed by atoms with van der Waals surface area (Å²) >= 11 is 0. The van der Waals surface area contributed by atoms with Crippen molar-refractivity contribution in [2.45, 2.75) is 45.7 Å². The molecule has 126 valence electrons. The van der Waals surface area contributed by atoms with Gasteiger partial charge in [0.05, 0.1) is 31.3 Å². The molecule has 1 aromatic rings. The van der Waals surface area contributed by atoms with Crippen LogP contribution in [-0.2, 0) is 21.0 Å². The summed E-state index contributed by atoms with van der Waals surface area (Å²) in [4.78, 5) is 32.1. The predicted octanol–water partition coefficient (Wildman–Crippen LogP) is 1.37. The lowest BCUT2D eigenvalue weighted by atomic mass is 10.1. The summed E-state index contributed by atoms with van der Waals surface area (Å²) in [5.74, 6) is 0.0327. The number of hydroxylamine groups is 2. The van der Waals surface area contributed by atoms with E-state index in [1.807, 2.05) is 29.5 Å². The van der Waals surface area contributed by atoms with Crippen molar-refractivity contribution in [2.75, 3.05) is 19.7 Å². The van der Waals surface area contributed by atoms with Crippen LogP contribution < -0.4 is 0 Å². The Kier molecular flexibility index (Phi) is 4.66. The van der Waals surface area contributed by atoms with Crippen LogP contribution >= 0.6 is 0 Å². The average Bonchev–Trinajstić information content (AvgIpc) is 3.03. The second-order valence-electron chi connectivity index (χ2n) is 6.53. The molecule has 2 amide bonds. The lowest BCUT2D eigenvalue weighted by molar-refractivity contribution is -0.198. The maximum atomic E-state index is 12.5. The minimum atomic E-state index is -0.130. The highest BCUT2D eigenvalue weighted by Gasteiger charge is 2.32. The van der Waals surface area contributed by atoms with Crippen LogP contribution in [-0.4, -0.2) is 51.3 Å². The van der Waals surface area contributed by atoms with Gasteiger partial charge in [-0.3, -0.25) is 19.1 Å². The van der Waals surface area contributed by atoms with Gasteiger partial charge >= 0.3 is 0 Å². The number of hydrogen-bond acceptors (Lipinski definition) is 4. The van der Waals surface area contributed by atoms with E-state index in [4.69, 9.17) is 4.84 Å². The molecule has 0 aromatic carbocycles. The van der Waals surface area contributed by atoms with Crippen molar-refractivity contribution in [1.29, 1.82) is 0 Å². The average molecular weight is 320 g/mol. The first-order valence-electron chi connectivity index (χ1n) is 8.30. The maximum absolute atomic E-state index is 12.5. The van der Waals surface area contributed by atoms with Gasteiger partial charge < -0.3 is 4.90 Å². The normalized spacial score (nSPS) is 21.4. The Hall–Kier alpha value is -1.89. The van der Waals surface area contributed by atoms with Crippen molar-refractivity contribution in [3.05, 3.63) is 18.0 Å². The molecule has 0 N–H and O–H groups in total. The van der Waals surface area contributed by atoms with Crippen molar-refractivity contribution in [3.8, 4) is 0 Å². The van der Waals surface area contributed by atoms with Gasteiger partial charge in [0.15, 0.2) is 0 Å². The molecule has 2 aliphatic rings. The molecule has 0 aliphatic carbocycles. The summed E-state index contributed by atoms with van der Waals surface area (Å²) in [6.45, 7) is 6.12. The highest BCUT2D eigenvalue weighted by molar-refractivity contribution is 5.79. The molecule has 1 fully saturated rings. The lowest BCUT2D eigenvalue weighted by Crippen LogP contribution is -2.45. The van der Waals surface area contributed by atoms with E-state index in [1.165, 1.54) is 5.06 Å². The third-order valence-electron chi connectivity index (χ3n) is 4.38. The van der Waals surface area contributed by atoms with Gasteiger partial charge in [0.2, 0.25) is 11.8 Å². The Bertz CT molecular complexity index is 578. The molecule has 1 aromatic heterocycles. The smallest absolute Gasteiger partial charge is 0.248 e. The molecule has 2 aliphatic heterocycles. The molecule has 1 saturated heterocycles. The van der Waals surface area contributed by atoms with Crippen molar-refractivity contribution >= 4 is 11.8 Å². The minimum absolute atomic E-state index is 0.0324. The van der Waals surface area contributed by atoms with Crippen LogP contribution in [0.5, 0.6) is 0 Å². The van der Waals surface area contributed by atoms with E-state index in [1.54, 1.807) is 6.20 Å². The van der Waals surface area contributed by atoms with Crippen LogP contribution in [0.4, 0.5) is 0 Å². The Labute approximate surface area is 136 Å². The third-order valence-corrected chi connectivity index (χ3v) is 4.38. The van der Waals surface area contributed by atoms with Crippen LogP contribution in [0.2, 0.25) is 0 Å². The number of nitrogens with zero attached hydrogens (tertiary/aromatic N) is 4. The second-order valence-corrected chi connectivity index (χ2v) is 6.53. The molecule has 3 heterocycles. The van der Waals surface area contributed by atoms with E-state index in [2.05, 4.69) is 5.10 Å². The van der Waals surface area contributed by atoms with Crippen LogP contribution in [0.3, 0.4) is 0 Å². The maximum Gasteiger partial charge on any atom is 0.248 e. The number of rotatable bonds is 3. The number of carbonyl (C=O) groups excluding carboxylic acids is 2.